The maximum Gasteiger partial charge on any atom is 0.315 e. The molecule has 1 aliphatic rings. The van der Waals surface area contributed by atoms with Crippen LogP contribution in [0.1, 0.15) is 50.2 Å². The maximum absolute atomic E-state index is 12.3. The monoisotopic (exact) mass is 310 g/mol. The van der Waals surface area contributed by atoms with Crippen LogP contribution in [-0.4, -0.2) is 37.0 Å². The lowest BCUT2D eigenvalue weighted by Gasteiger charge is -2.29. The molecule has 1 heterocycles. The number of hydrogen-bond acceptors (Lipinski definition) is 4. The van der Waals surface area contributed by atoms with Gasteiger partial charge in [-0.3, -0.25) is 0 Å². The lowest BCUT2D eigenvalue weighted by molar-refractivity contribution is 0.143. The van der Waals surface area contributed by atoms with Crippen LogP contribution in [0.3, 0.4) is 0 Å². The Morgan fingerprint density at radius 1 is 1.45 bits per heavy atom. The van der Waals surface area contributed by atoms with Crippen LogP contribution in [0.2, 0.25) is 0 Å². The molecule has 0 radical (unpaired) electrons. The van der Waals surface area contributed by atoms with Gasteiger partial charge in [-0.25, -0.2) is 4.79 Å². The minimum atomic E-state index is -0.487. The fraction of sp³-hybridized carbons (Fsp3) is 0.688. The van der Waals surface area contributed by atoms with Crippen LogP contribution >= 0.6 is 0 Å². The van der Waals surface area contributed by atoms with Crippen LogP contribution in [0.4, 0.5) is 4.79 Å². The van der Waals surface area contributed by atoms with E-state index in [0.29, 0.717) is 12.4 Å². The highest BCUT2D eigenvalue weighted by Gasteiger charge is 2.35. The van der Waals surface area contributed by atoms with Crippen molar-refractivity contribution >= 4 is 6.03 Å². The summed E-state index contributed by atoms with van der Waals surface area (Å²) in [5.41, 5.74) is -0.487. The van der Waals surface area contributed by atoms with E-state index in [1.165, 1.54) is 0 Å². The molecule has 1 aromatic heterocycles. The zero-order valence-corrected chi connectivity index (χ0v) is 13.4. The second-order valence-corrected chi connectivity index (χ2v) is 5.91. The second kappa shape index (κ2) is 7.65. The molecule has 1 unspecified atom stereocenters. The topological polar surface area (TPSA) is 83.7 Å². The Bertz CT molecular complexity index is 480. The van der Waals surface area contributed by atoms with Gasteiger partial charge in [0.05, 0.1) is 18.8 Å². The van der Waals surface area contributed by atoms with Gasteiger partial charge in [0, 0.05) is 13.5 Å². The molecular formula is C16H26N2O4. The molecule has 1 aromatic rings. The van der Waals surface area contributed by atoms with Gasteiger partial charge in [0.15, 0.2) is 0 Å². The summed E-state index contributed by atoms with van der Waals surface area (Å²) in [6, 6.07) is 3.12. The first-order valence-corrected chi connectivity index (χ1v) is 7.89. The van der Waals surface area contributed by atoms with Gasteiger partial charge in [-0.05, 0) is 25.0 Å². The summed E-state index contributed by atoms with van der Waals surface area (Å²) in [6.45, 7) is 2.31. The Kier molecular flexibility index (Phi) is 5.85. The third kappa shape index (κ3) is 4.01. The lowest BCUT2D eigenvalue weighted by atomic mass is 9.99. The summed E-state index contributed by atoms with van der Waals surface area (Å²) in [7, 11) is 1.59. The summed E-state index contributed by atoms with van der Waals surface area (Å²) < 4.78 is 10.9. The molecule has 0 bridgehead atoms. The highest BCUT2D eigenvalue weighted by Crippen LogP contribution is 2.29. The number of nitrogens with one attached hydrogen (secondary N) is 2. The zero-order chi connectivity index (χ0) is 16.0. The quantitative estimate of drug-likeness (QED) is 0.720. The van der Waals surface area contributed by atoms with Crippen molar-refractivity contribution < 1.29 is 19.1 Å². The highest BCUT2D eigenvalue weighted by molar-refractivity contribution is 5.75. The number of carbonyl (C=O) groups is 1. The van der Waals surface area contributed by atoms with Gasteiger partial charge in [-0.1, -0.05) is 19.8 Å². The molecule has 124 valence electrons. The average molecular weight is 310 g/mol. The number of rotatable bonds is 7. The molecule has 1 saturated carbocycles. The number of aliphatic hydroxyl groups excluding tert-OH is 1. The molecule has 0 aromatic carbocycles. The van der Waals surface area contributed by atoms with E-state index in [4.69, 9.17) is 9.15 Å². The number of aryl methyl sites for hydroxylation is 1. The van der Waals surface area contributed by atoms with Gasteiger partial charge >= 0.3 is 6.03 Å². The van der Waals surface area contributed by atoms with E-state index in [-0.39, 0.29) is 18.7 Å². The Morgan fingerprint density at radius 3 is 2.73 bits per heavy atom. The van der Waals surface area contributed by atoms with Crippen LogP contribution < -0.4 is 10.6 Å². The molecule has 0 aliphatic heterocycles. The van der Waals surface area contributed by atoms with Crippen LogP contribution in [-0.2, 0) is 11.2 Å². The van der Waals surface area contributed by atoms with Crippen LogP contribution in [0.5, 0.6) is 0 Å². The van der Waals surface area contributed by atoms with Crippen LogP contribution in [0.15, 0.2) is 16.5 Å². The summed E-state index contributed by atoms with van der Waals surface area (Å²) in [5, 5.41) is 15.4. The number of carbonyl (C=O) groups excluding carboxylic acids is 1. The lowest BCUT2D eigenvalue weighted by Crippen LogP contribution is -2.53. The second-order valence-electron chi connectivity index (χ2n) is 5.91. The number of methoxy groups -OCH3 is 1. The SMILES string of the molecule is CCc1ccc(C(COC)NC(=O)NC2(CO)CCCC2)o1. The van der Waals surface area contributed by atoms with E-state index in [1.54, 1.807) is 7.11 Å². The van der Waals surface area contributed by atoms with Crippen molar-refractivity contribution in [2.45, 2.75) is 50.6 Å². The first kappa shape index (κ1) is 16.8. The Balaban J connectivity index is 1.99. The Labute approximate surface area is 131 Å². The number of furan rings is 1. The fourth-order valence-electron chi connectivity index (χ4n) is 2.94. The van der Waals surface area contributed by atoms with Gasteiger partial charge in [0.25, 0.3) is 0 Å². The molecule has 3 N–H and O–H groups in total. The van der Waals surface area contributed by atoms with Crippen molar-refractivity contribution in [1.29, 1.82) is 0 Å². The van der Waals surface area contributed by atoms with Gasteiger partial charge in [0.2, 0.25) is 0 Å². The molecule has 6 heteroatoms. The first-order valence-electron chi connectivity index (χ1n) is 7.89. The van der Waals surface area contributed by atoms with Gasteiger partial charge in [-0.2, -0.15) is 0 Å². The first-order chi connectivity index (χ1) is 10.6. The largest absolute Gasteiger partial charge is 0.464 e. The minimum Gasteiger partial charge on any atom is -0.464 e. The normalized spacial score (nSPS) is 18.1. The van der Waals surface area contributed by atoms with E-state index in [9.17, 15) is 9.90 Å². The number of hydrogen-bond donors (Lipinski definition) is 3. The van der Waals surface area contributed by atoms with Crippen molar-refractivity contribution in [3.8, 4) is 0 Å². The fourth-order valence-corrected chi connectivity index (χ4v) is 2.94. The third-order valence-electron chi connectivity index (χ3n) is 4.26. The predicted molar refractivity (Wildman–Crippen MR) is 82.7 cm³/mol. The average Bonchev–Trinajstić information content (AvgIpc) is 3.16. The van der Waals surface area contributed by atoms with Crippen molar-refractivity contribution in [2.24, 2.45) is 0 Å². The van der Waals surface area contributed by atoms with E-state index in [2.05, 4.69) is 10.6 Å². The number of aliphatic hydroxyl groups is 1. The van der Waals surface area contributed by atoms with E-state index in [0.717, 1.165) is 37.9 Å². The van der Waals surface area contributed by atoms with Crippen molar-refractivity contribution in [1.82, 2.24) is 10.6 Å². The Hall–Kier alpha value is -1.53. The molecule has 22 heavy (non-hydrogen) atoms. The van der Waals surface area contributed by atoms with Gasteiger partial charge in [0.1, 0.15) is 17.6 Å². The molecule has 1 atom stereocenters. The van der Waals surface area contributed by atoms with E-state index in [1.807, 2.05) is 19.1 Å². The smallest absolute Gasteiger partial charge is 0.315 e. The third-order valence-corrected chi connectivity index (χ3v) is 4.26. The van der Waals surface area contributed by atoms with Crippen molar-refractivity contribution in [3.05, 3.63) is 23.7 Å². The van der Waals surface area contributed by atoms with Crippen molar-refractivity contribution in [3.63, 3.8) is 0 Å². The molecule has 6 nitrogen and oxygen atoms in total. The maximum atomic E-state index is 12.3. The molecule has 2 rings (SSSR count). The van der Waals surface area contributed by atoms with Gasteiger partial charge < -0.3 is 24.9 Å². The summed E-state index contributed by atoms with van der Waals surface area (Å²) in [5.74, 6) is 1.55. The molecular weight excluding hydrogens is 284 g/mol. The van der Waals surface area contributed by atoms with Crippen LogP contribution in [0.25, 0.3) is 0 Å². The molecule has 2 amide bonds. The summed E-state index contributed by atoms with van der Waals surface area (Å²) in [4.78, 5) is 12.3. The zero-order valence-electron chi connectivity index (χ0n) is 13.4. The molecule has 1 fully saturated rings. The van der Waals surface area contributed by atoms with E-state index >= 15 is 0 Å². The Morgan fingerprint density at radius 2 is 2.18 bits per heavy atom. The number of urea groups is 1. The van der Waals surface area contributed by atoms with Crippen LogP contribution in [0, 0.1) is 0 Å². The summed E-state index contributed by atoms with van der Waals surface area (Å²) in [6.07, 6.45) is 4.49. The summed E-state index contributed by atoms with van der Waals surface area (Å²) >= 11 is 0. The molecule has 0 saturated heterocycles. The molecule has 1 aliphatic carbocycles. The van der Waals surface area contributed by atoms with Crippen molar-refractivity contribution in [2.75, 3.05) is 20.3 Å². The van der Waals surface area contributed by atoms with Gasteiger partial charge in [-0.15, -0.1) is 0 Å². The highest BCUT2D eigenvalue weighted by atomic mass is 16.5. The standard InChI is InChI=1S/C16H26N2O4/c1-3-12-6-7-14(22-12)13(10-21-2)17-15(20)18-16(11-19)8-4-5-9-16/h6-7,13,19H,3-5,8-11H2,1-2H3,(H2,17,18,20). The minimum absolute atomic E-state index is 0.0316. The number of ether oxygens (including phenoxy) is 1. The number of amides is 2. The molecule has 0 spiro atoms. The van der Waals surface area contributed by atoms with E-state index < -0.39 is 5.54 Å². The predicted octanol–water partition coefficient (Wildman–Crippen LogP) is 2.13.